The molecule has 0 aliphatic carbocycles. The molecule has 0 aliphatic heterocycles. The van der Waals surface area contributed by atoms with Crippen molar-refractivity contribution in [2.24, 2.45) is 7.05 Å². The molecule has 0 fully saturated rings. The third-order valence-corrected chi connectivity index (χ3v) is 3.95. The number of thioether (sulfide) groups is 1. The fourth-order valence-corrected chi connectivity index (χ4v) is 2.76. The summed E-state index contributed by atoms with van der Waals surface area (Å²) in [5, 5.41) is 20.9. The number of aromatic nitrogens is 3. The van der Waals surface area contributed by atoms with Crippen molar-refractivity contribution < 1.29 is 4.92 Å². The summed E-state index contributed by atoms with van der Waals surface area (Å²) < 4.78 is 1.40. The standard InChI is InChI=1S/C12H15N5O3S/c1-3-13-10-8(5-4-6-9(10)17(19)20)7-21-12-15-14-11(18)16(12)2/h4-6,13H,3,7H2,1-2H3,(H,14,18). The zero-order valence-electron chi connectivity index (χ0n) is 11.6. The van der Waals surface area contributed by atoms with Crippen LogP contribution in [0.5, 0.6) is 0 Å². The molecule has 2 aromatic rings. The highest BCUT2D eigenvalue weighted by Gasteiger charge is 2.17. The second kappa shape index (κ2) is 6.44. The van der Waals surface area contributed by atoms with Crippen LogP contribution in [0.1, 0.15) is 12.5 Å². The molecule has 0 radical (unpaired) electrons. The third kappa shape index (κ3) is 3.24. The number of nitrogens with one attached hydrogen (secondary N) is 2. The lowest BCUT2D eigenvalue weighted by Crippen LogP contribution is -2.12. The van der Waals surface area contributed by atoms with Crippen LogP contribution in [0.25, 0.3) is 0 Å². The van der Waals surface area contributed by atoms with Crippen LogP contribution in [-0.4, -0.2) is 26.2 Å². The maximum atomic E-state index is 11.3. The molecule has 9 heteroatoms. The van der Waals surface area contributed by atoms with E-state index < -0.39 is 4.92 Å². The number of nitro groups is 1. The Kier molecular flexibility index (Phi) is 4.63. The van der Waals surface area contributed by atoms with Crippen molar-refractivity contribution in [1.29, 1.82) is 0 Å². The molecule has 2 rings (SSSR count). The van der Waals surface area contributed by atoms with Gasteiger partial charge in [0, 0.05) is 25.4 Å². The molecule has 0 spiro atoms. The zero-order valence-corrected chi connectivity index (χ0v) is 12.4. The van der Waals surface area contributed by atoms with E-state index >= 15 is 0 Å². The van der Waals surface area contributed by atoms with Crippen LogP contribution in [0.15, 0.2) is 28.2 Å². The lowest BCUT2D eigenvalue weighted by Gasteiger charge is -2.10. The summed E-state index contributed by atoms with van der Waals surface area (Å²) in [5.41, 5.74) is 1.07. The van der Waals surface area contributed by atoms with Crippen LogP contribution < -0.4 is 11.0 Å². The normalized spacial score (nSPS) is 10.6. The summed E-state index contributed by atoms with van der Waals surface area (Å²) in [6.45, 7) is 2.47. The Balaban J connectivity index is 2.27. The van der Waals surface area contributed by atoms with Crippen LogP contribution >= 0.6 is 11.8 Å². The third-order valence-electron chi connectivity index (χ3n) is 2.87. The lowest BCUT2D eigenvalue weighted by molar-refractivity contribution is -0.384. The zero-order chi connectivity index (χ0) is 15.4. The number of nitrogens with zero attached hydrogens (tertiary/aromatic N) is 3. The Morgan fingerprint density at radius 3 is 2.86 bits per heavy atom. The maximum Gasteiger partial charge on any atom is 0.343 e. The molecule has 0 atom stereocenters. The van der Waals surface area contributed by atoms with E-state index in [2.05, 4.69) is 15.5 Å². The molecule has 0 unspecified atom stereocenters. The number of rotatable bonds is 6. The summed E-state index contributed by atoms with van der Waals surface area (Å²) in [7, 11) is 1.62. The molecule has 0 amide bonds. The van der Waals surface area contributed by atoms with Crippen molar-refractivity contribution in [2.45, 2.75) is 17.8 Å². The number of para-hydroxylation sites is 1. The number of nitro benzene ring substituents is 1. The van der Waals surface area contributed by atoms with Gasteiger partial charge in [0.25, 0.3) is 5.69 Å². The molecule has 0 saturated carbocycles. The topological polar surface area (TPSA) is 106 Å². The van der Waals surface area contributed by atoms with Gasteiger partial charge in [-0.2, -0.15) is 0 Å². The second-order valence-electron chi connectivity index (χ2n) is 4.26. The van der Waals surface area contributed by atoms with Gasteiger partial charge >= 0.3 is 5.69 Å². The number of benzene rings is 1. The summed E-state index contributed by atoms with van der Waals surface area (Å²) in [4.78, 5) is 22.0. The fraction of sp³-hybridized carbons (Fsp3) is 0.333. The van der Waals surface area contributed by atoms with Crippen LogP contribution in [0.3, 0.4) is 0 Å². The smallest absolute Gasteiger partial charge is 0.343 e. The van der Waals surface area contributed by atoms with Gasteiger partial charge in [0.05, 0.1) is 4.92 Å². The predicted octanol–water partition coefficient (Wildman–Crippen LogP) is 1.74. The van der Waals surface area contributed by atoms with Gasteiger partial charge in [0.1, 0.15) is 5.69 Å². The Bertz CT molecular complexity index is 709. The molecule has 1 aromatic heterocycles. The number of anilines is 1. The Labute approximate surface area is 124 Å². The van der Waals surface area contributed by atoms with Gasteiger partial charge in [-0.3, -0.25) is 14.7 Å². The molecular formula is C12H15N5O3S. The maximum absolute atomic E-state index is 11.3. The average Bonchev–Trinajstić information content (AvgIpc) is 2.77. The van der Waals surface area contributed by atoms with E-state index in [4.69, 9.17) is 0 Å². The van der Waals surface area contributed by atoms with Crippen LogP contribution in [0.4, 0.5) is 11.4 Å². The Morgan fingerprint density at radius 1 is 1.52 bits per heavy atom. The van der Waals surface area contributed by atoms with Crippen molar-refractivity contribution >= 4 is 23.1 Å². The Hall–Kier alpha value is -2.29. The van der Waals surface area contributed by atoms with E-state index in [-0.39, 0.29) is 11.4 Å². The number of hydrogen-bond donors (Lipinski definition) is 2. The second-order valence-corrected chi connectivity index (χ2v) is 5.20. The van der Waals surface area contributed by atoms with E-state index in [0.717, 1.165) is 5.56 Å². The number of H-pyrrole nitrogens is 1. The minimum Gasteiger partial charge on any atom is -0.380 e. The lowest BCUT2D eigenvalue weighted by atomic mass is 10.1. The number of aromatic amines is 1. The minimum atomic E-state index is -0.406. The van der Waals surface area contributed by atoms with Crippen LogP contribution in [0.2, 0.25) is 0 Å². The highest BCUT2D eigenvalue weighted by atomic mass is 32.2. The van der Waals surface area contributed by atoms with Gasteiger partial charge < -0.3 is 5.32 Å². The molecule has 0 saturated heterocycles. The molecule has 1 heterocycles. The number of hydrogen-bond acceptors (Lipinski definition) is 6. The van der Waals surface area contributed by atoms with Gasteiger partial charge in [0.2, 0.25) is 0 Å². The highest BCUT2D eigenvalue weighted by molar-refractivity contribution is 7.98. The molecule has 8 nitrogen and oxygen atoms in total. The summed E-state index contributed by atoms with van der Waals surface area (Å²) >= 11 is 1.34. The quantitative estimate of drug-likeness (QED) is 0.478. The monoisotopic (exact) mass is 309 g/mol. The molecule has 21 heavy (non-hydrogen) atoms. The van der Waals surface area contributed by atoms with Crippen molar-refractivity contribution in [3.63, 3.8) is 0 Å². The van der Waals surface area contributed by atoms with E-state index in [9.17, 15) is 14.9 Å². The molecule has 2 N–H and O–H groups in total. The first-order chi connectivity index (χ1) is 10.0. The Morgan fingerprint density at radius 2 is 2.29 bits per heavy atom. The van der Waals surface area contributed by atoms with Crippen molar-refractivity contribution in [2.75, 3.05) is 11.9 Å². The first-order valence-corrected chi connectivity index (χ1v) is 7.27. The van der Waals surface area contributed by atoms with E-state index in [1.807, 2.05) is 13.0 Å². The van der Waals surface area contributed by atoms with Gasteiger partial charge in [0.15, 0.2) is 5.16 Å². The summed E-state index contributed by atoms with van der Waals surface area (Å²) in [6, 6.07) is 4.94. The first kappa shape index (κ1) is 15.1. The van der Waals surface area contributed by atoms with Crippen LogP contribution in [-0.2, 0) is 12.8 Å². The summed E-state index contributed by atoms with van der Waals surface area (Å²) in [6.07, 6.45) is 0. The largest absolute Gasteiger partial charge is 0.380 e. The van der Waals surface area contributed by atoms with Gasteiger partial charge in [-0.15, -0.1) is 5.10 Å². The van der Waals surface area contributed by atoms with Gasteiger partial charge in [-0.25, -0.2) is 9.89 Å². The highest BCUT2D eigenvalue weighted by Crippen LogP contribution is 2.32. The van der Waals surface area contributed by atoms with Gasteiger partial charge in [-0.1, -0.05) is 23.9 Å². The van der Waals surface area contributed by atoms with Gasteiger partial charge in [-0.05, 0) is 12.5 Å². The van der Waals surface area contributed by atoms with E-state index in [0.29, 0.717) is 23.1 Å². The minimum absolute atomic E-state index is 0.0471. The molecule has 112 valence electrons. The molecule has 1 aromatic carbocycles. The average molecular weight is 309 g/mol. The summed E-state index contributed by atoms with van der Waals surface area (Å²) in [5.74, 6) is 0.474. The van der Waals surface area contributed by atoms with E-state index in [1.54, 1.807) is 13.1 Å². The van der Waals surface area contributed by atoms with Crippen molar-refractivity contribution in [1.82, 2.24) is 14.8 Å². The van der Waals surface area contributed by atoms with E-state index in [1.165, 1.54) is 22.4 Å². The van der Waals surface area contributed by atoms with Crippen LogP contribution in [0, 0.1) is 10.1 Å². The molecular weight excluding hydrogens is 294 g/mol. The predicted molar refractivity (Wildman–Crippen MR) is 80.6 cm³/mol. The van der Waals surface area contributed by atoms with Crippen molar-refractivity contribution in [3.05, 3.63) is 44.4 Å². The fourth-order valence-electron chi connectivity index (χ4n) is 1.84. The molecule has 0 bridgehead atoms. The first-order valence-electron chi connectivity index (χ1n) is 6.29. The SMILES string of the molecule is CCNc1c(CSc2n[nH]c(=O)n2C)cccc1[N+](=O)[O-]. The molecule has 0 aliphatic rings. The van der Waals surface area contributed by atoms with Crippen molar-refractivity contribution in [3.8, 4) is 0 Å².